The van der Waals surface area contributed by atoms with E-state index in [-0.39, 0.29) is 24.9 Å². The summed E-state index contributed by atoms with van der Waals surface area (Å²) in [7, 11) is 2.09. The molecule has 1 unspecified atom stereocenters. The number of rotatable bonds is 0. The fraction of sp³-hybridized carbons (Fsp3) is 0.200. The monoisotopic (exact) mass is 186 g/mol. The maximum absolute atomic E-state index is 7.43. The van der Waals surface area contributed by atoms with Gasteiger partial charge in [-0.3, -0.25) is 10.2 Å². The van der Waals surface area contributed by atoms with Crippen molar-refractivity contribution in [2.24, 2.45) is 4.99 Å². The van der Waals surface area contributed by atoms with Crippen molar-refractivity contribution in [3.8, 4) is 5.97 Å². The van der Waals surface area contributed by atoms with Gasteiger partial charge in [0.25, 0.3) is 0 Å². The third-order valence-corrected chi connectivity index (χ3v) is 0.702. The molecule has 0 saturated carbocycles. The van der Waals surface area contributed by atoms with E-state index in [1.165, 1.54) is 4.90 Å². The Balaban J connectivity index is 0. The fourth-order valence-corrected chi connectivity index (χ4v) is 0.364. The van der Waals surface area contributed by atoms with Gasteiger partial charge in [-0.05, 0) is 0 Å². The van der Waals surface area contributed by atoms with Crippen LogP contribution in [-0.4, -0.2) is 21.2 Å². The molecule has 1 aliphatic rings. The van der Waals surface area contributed by atoms with Crippen LogP contribution in [0.4, 0.5) is 0 Å². The van der Waals surface area contributed by atoms with E-state index in [9.17, 15) is 0 Å². The van der Waals surface area contributed by atoms with Gasteiger partial charge in [-0.1, -0.05) is 0 Å². The summed E-state index contributed by atoms with van der Waals surface area (Å²) in [6.07, 6.45) is 5.59. The number of hydrogen-bond donors (Lipinski definition) is 1. The van der Waals surface area contributed by atoms with Gasteiger partial charge in [0.05, 0.1) is 21.1 Å². The van der Waals surface area contributed by atoms with Crippen molar-refractivity contribution in [2.75, 3.05) is 7.05 Å². The van der Waals surface area contributed by atoms with Gasteiger partial charge in [0, 0.05) is 17.1 Å². The SMILES string of the molecule is C[NH+]1C=CN=C1.[BH3-]C#N.[Cu]. The quantitative estimate of drug-likeness (QED) is 0.431. The van der Waals surface area contributed by atoms with Crippen molar-refractivity contribution >= 4 is 14.2 Å². The van der Waals surface area contributed by atoms with Crippen LogP contribution in [0.1, 0.15) is 0 Å². The molecule has 0 saturated heterocycles. The van der Waals surface area contributed by atoms with Crippen molar-refractivity contribution in [3.05, 3.63) is 12.4 Å². The van der Waals surface area contributed by atoms with E-state index in [4.69, 9.17) is 5.26 Å². The molecule has 1 radical (unpaired) electrons. The number of nitriles is 1. The molecule has 59 valence electrons. The molecule has 0 fully saturated rings. The molecule has 1 aliphatic heterocycles. The van der Waals surface area contributed by atoms with Gasteiger partial charge in [-0.2, -0.15) is 5.97 Å². The van der Waals surface area contributed by atoms with Crippen LogP contribution in [-0.2, 0) is 17.1 Å². The summed E-state index contributed by atoms with van der Waals surface area (Å²) in [6, 6.07) is 0. The summed E-state index contributed by atoms with van der Waals surface area (Å²) < 4.78 is 0. The minimum atomic E-state index is 0. The summed E-state index contributed by atoms with van der Waals surface area (Å²) in [5.74, 6) is 2.00. The van der Waals surface area contributed by atoms with Gasteiger partial charge in [-0.25, -0.2) is 4.99 Å². The zero-order valence-corrected chi connectivity index (χ0v) is 5.87. The Morgan fingerprint density at radius 2 is 2.20 bits per heavy atom. The second-order valence-corrected chi connectivity index (χ2v) is 1.34. The predicted octanol–water partition coefficient (Wildman–Crippen LogP) is -2.16. The van der Waals surface area contributed by atoms with Crippen molar-refractivity contribution in [2.45, 2.75) is 0 Å². The molecule has 1 heterocycles. The number of nitrogens with one attached hydrogen (secondary N) is 1. The molecule has 0 spiro atoms. The molecular weight excluding hydrogens is 176 g/mol. The molecule has 5 heteroatoms. The molecule has 3 nitrogen and oxygen atoms in total. The van der Waals surface area contributed by atoms with Gasteiger partial charge in [0.2, 0.25) is 0 Å². The fourth-order valence-electron chi connectivity index (χ4n) is 0.364. The van der Waals surface area contributed by atoms with Crippen LogP contribution in [0.25, 0.3) is 0 Å². The summed E-state index contributed by atoms with van der Waals surface area (Å²) in [4.78, 5) is 5.05. The normalized spacial score (nSPS) is 18.3. The molecule has 0 aromatic carbocycles. The van der Waals surface area contributed by atoms with Gasteiger partial charge in [0.1, 0.15) is 6.20 Å². The summed E-state index contributed by atoms with van der Waals surface area (Å²) in [6.45, 7) is 0. The number of hydrogen-bond acceptors (Lipinski definition) is 2. The second-order valence-electron chi connectivity index (χ2n) is 1.34. The van der Waals surface area contributed by atoms with Crippen LogP contribution in [0.3, 0.4) is 0 Å². The Morgan fingerprint density at radius 3 is 2.30 bits per heavy atom. The first-order chi connectivity index (χ1) is 4.31. The maximum atomic E-state index is 7.43. The number of nitrogens with zero attached hydrogens (tertiary/aromatic N) is 2. The third-order valence-electron chi connectivity index (χ3n) is 0.702. The first-order valence-corrected chi connectivity index (χ1v) is 2.15. The zero-order valence-electron chi connectivity index (χ0n) is 4.93. The van der Waals surface area contributed by atoms with Gasteiger partial charge < -0.3 is 0 Å². The molecule has 0 bridgehead atoms. The number of quaternary nitrogens is 1. The van der Waals surface area contributed by atoms with Crippen molar-refractivity contribution in [3.63, 3.8) is 0 Å². The van der Waals surface area contributed by atoms with Gasteiger partial charge in [-0.15, -0.1) is 0 Å². The largest absolute Gasteiger partial charge is 0.267 e. The van der Waals surface area contributed by atoms with Crippen LogP contribution >= 0.6 is 0 Å². The van der Waals surface area contributed by atoms with Crippen LogP contribution in [0, 0.1) is 11.2 Å². The number of aliphatic imine (C=N–C) groups is 1. The van der Waals surface area contributed by atoms with E-state index in [1.807, 2.05) is 25.6 Å². The Bertz CT molecular complexity index is 149. The first kappa shape index (κ1) is 12.2. The Morgan fingerprint density at radius 1 is 1.70 bits per heavy atom. The van der Waals surface area contributed by atoms with Gasteiger partial charge in [0.15, 0.2) is 6.34 Å². The van der Waals surface area contributed by atoms with Crippen molar-refractivity contribution in [1.82, 2.24) is 0 Å². The minimum absolute atomic E-state index is 0. The molecule has 1 N–H and O–H groups in total. The van der Waals surface area contributed by atoms with Gasteiger partial charge >= 0.3 is 0 Å². The maximum Gasteiger partial charge on any atom is 0.192 e. The second kappa shape index (κ2) is 8.44. The molecule has 0 aliphatic carbocycles. The van der Waals surface area contributed by atoms with E-state index in [0.717, 1.165) is 0 Å². The van der Waals surface area contributed by atoms with E-state index >= 15 is 0 Å². The van der Waals surface area contributed by atoms with Crippen LogP contribution < -0.4 is 4.90 Å². The first-order valence-electron chi connectivity index (χ1n) is 2.15. The summed E-state index contributed by atoms with van der Waals surface area (Å²) in [5, 5.41) is 7.43. The Hall–Kier alpha value is -0.556. The topological polar surface area (TPSA) is 40.6 Å². The standard InChI is InChI=1S/C4H6N2.CH3BN.Cu/c1-6-3-2-5-4-6;2-1-3;/h2-4H,1H3;2H3;/q;-1;/p+1. The average molecular weight is 187 g/mol. The molecule has 1 rings (SSSR count). The van der Waals surface area contributed by atoms with E-state index < -0.39 is 0 Å². The Kier molecular flexibility index (Phi) is 10.3. The zero-order chi connectivity index (χ0) is 7.11. The molecule has 0 aromatic rings. The molecule has 10 heavy (non-hydrogen) atoms. The van der Waals surface area contributed by atoms with Crippen LogP contribution in [0.15, 0.2) is 17.4 Å². The third kappa shape index (κ3) is 7.44. The summed E-state index contributed by atoms with van der Waals surface area (Å²) in [5.41, 5.74) is 0. The van der Waals surface area contributed by atoms with E-state index in [1.54, 1.807) is 6.20 Å². The molecule has 1 atom stereocenters. The van der Waals surface area contributed by atoms with Crippen LogP contribution in [0.5, 0.6) is 0 Å². The predicted molar refractivity (Wildman–Crippen MR) is 40.1 cm³/mol. The van der Waals surface area contributed by atoms with Crippen LogP contribution in [0.2, 0.25) is 0 Å². The molecule has 0 aromatic heterocycles. The molecule has 0 amide bonds. The van der Waals surface area contributed by atoms with E-state index in [2.05, 4.69) is 4.99 Å². The van der Waals surface area contributed by atoms with E-state index in [0.29, 0.717) is 0 Å². The smallest absolute Gasteiger partial charge is 0.192 e. The minimum Gasteiger partial charge on any atom is -0.267 e. The average Bonchev–Trinajstić information content (AvgIpc) is 2.20. The summed E-state index contributed by atoms with van der Waals surface area (Å²) >= 11 is 0. The van der Waals surface area contributed by atoms with Crippen molar-refractivity contribution in [1.29, 1.82) is 5.26 Å². The van der Waals surface area contributed by atoms with Crippen molar-refractivity contribution < 1.29 is 22.0 Å². The Labute approximate surface area is 72.3 Å². The molecular formula is C5H10BCuN3.